The molecule has 0 aliphatic heterocycles. The van der Waals surface area contributed by atoms with Crippen molar-refractivity contribution in [3.63, 3.8) is 0 Å². The highest BCUT2D eigenvalue weighted by atomic mass is 35.5. The smallest absolute Gasteiger partial charge is 0.255 e. The van der Waals surface area contributed by atoms with E-state index in [4.69, 9.17) is 11.6 Å². The van der Waals surface area contributed by atoms with Crippen LogP contribution in [0.2, 0.25) is 5.02 Å². The van der Waals surface area contributed by atoms with Gasteiger partial charge in [-0.05, 0) is 35.9 Å². The molecular weight excluding hydrogens is 282 g/mol. The first-order valence-corrected chi connectivity index (χ1v) is 7.49. The third kappa shape index (κ3) is 4.43. The Morgan fingerprint density at radius 1 is 0.947 bits per heavy atom. The van der Waals surface area contributed by atoms with E-state index < -0.39 is 10.0 Å². The first-order valence-electron chi connectivity index (χ1n) is 5.57. The molecule has 0 aliphatic rings. The summed E-state index contributed by atoms with van der Waals surface area (Å²) >= 11 is 5.75. The quantitative estimate of drug-likeness (QED) is 0.933. The van der Waals surface area contributed by atoms with Crippen LogP contribution in [0.25, 0.3) is 6.08 Å². The molecule has 0 bridgehead atoms. The van der Waals surface area contributed by atoms with Crippen molar-refractivity contribution >= 4 is 33.4 Å². The van der Waals surface area contributed by atoms with Crippen LogP contribution < -0.4 is 4.72 Å². The van der Waals surface area contributed by atoms with Crippen LogP contribution >= 0.6 is 11.6 Å². The van der Waals surface area contributed by atoms with Gasteiger partial charge in [-0.3, -0.25) is 4.72 Å². The average molecular weight is 294 g/mol. The topological polar surface area (TPSA) is 46.2 Å². The van der Waals surface area contributed by atoms with Gasteiger partial charge in [-0.1, -0.05) is 41.9 Å². The Labute approximate surface area is 117 Å². The van der Waals surface area contributed by atoms with Gasteiger partial charge in [0.2, 0.25) is 0 Å². The number of anilines is 1. The minimum Gasteiger partial charge on any atom is -0.280 e. The maximum Gasteiger partial charge on any atom is 0.255 e. The Morgan fingerprint density at radius 3 is 2.21 bits per heavy atom. The average Bonchev–Trinajstić information content (AvgIpc) is 2.39. The normalized spacial score (nSPS) is 11.6. The first-order chi connectivity index (χ1) is 9.05. The van der Waals surface area contributed by atoms with Crippen molar-refractivity contribution in [2.24, 2.45) is 0 Å². The van der Waals surface area contributed by atoms with Crippen molar-refractivity contribution in [3.8, 4) is 0 Å². The van der Waals surface area contributed by atoms with Gasteiger partial charge in [0.25, 0.3) is 10.0 Å². The van der Waals surface area contributed by atoms with Gasteiger partial charge in [-0.25, -0.2) is 8.42 Å². The van der Waals surface area contributed by atoms with Crippen LogP contribution in [0.4, 0.5) is 5.69 Å². The van der Waals surface area contributed by atoms with Crippen molar-refractivity contribution in [2.75, 3.05) is 4.72 Å². The summed E-state index contributed by atoms with van der Waals surface area (Å²) in [6, 6.07) is 15.6. The van der Waals surface area contributed by atoms with Crippen LogP contribution in [0.15, 0.2) is 60.0 Å². The Kier molecular flexibility index (Phi) is 4.24. The van der Waals surface area contributed by atoms with E-state index in [0.717, 1.165) is 11.0 Å². The molecule has 0 saturated carbocycles. The van der Waals surface area contributed by atoms with Crippen molar-refractivity contribution in [2.45, 2.75) is 0 Å². The second-order valence-corrected chi connectivity index (χ2v) is 5.87. The van der Waals surface area contributed by atoms with Gasteiger partial charge >= 0.3 is 0 Å². The van der Waals surface area contributed by atoms with Gasteiger partial charge in [-0.2, -0.15) is 0 Å². The minimum atomic E-state index is -3.51. The number of benzene rings is 2. The second-order valence-electron chi connectivity index (χ2n) is 3.87. The molecular formula is C14H12ClNO2S. The highest BCUT2D eigenvalue weighted by Gasteiger charge is 2.04. The lowest BCUT2D eigenvalue weighted by Gasteiger charge is -2.03. The van der Waals surface area contributed by atoms with Crippen molar-refractivity contribution in [3.05, 3.63) is 70.6 Å². The predicted molar refractivity (Wildman–Crippen MR) is 79.5 cm³/mol. The highest BCUT2D eigenvalue weighted by molar-refractivity contribution is 7.95. The Hall–Kier alpha value is -1.78. The summed E-state index contributed by atoms with van der Waals surface area (Å²) in [4.78, 5) is 0. The summed E-state index contributed by atoms with van der Waals surface area (Å²) in [6.45, 7) is 0. The molecule has 0 heterocycles. The molecule has 0 aliphatic carbocycles. The molecule has 0 atom stereocenters. The highest BCUT2D eigenvalue weighted by Crippen LogP contribution is 2.13. The van der Waals surface area contributed by atoms with E-state index in [1.807, 2.05) is 6.07 Å². The predicted octanol–water partition coefficient (Wildman–Crippen LogP) is 3.75. The fraction of sp³-hybridized carbons (Fsp3) is 0. The van der Waals surface area contributed by atoms with Crippen LogP contribution in [0.3, 0.4) is 0 Å². The third-order valence-corrected chi connectivity index (χ3v) is 3.61. The summed E-state index contributed by atoms with van der Waals surface area (Å²) in [5.41, 5.74) is 1.30. The van der Waals surface area contributed by atoms with Crippen molar-refractivity contribution in [1.29, 1.82) is 0 Å². The molecule has 1 N–H and O–H groups in total. The van der Waals surface area contributed by atoms with Crippen LogP contribution in [-0.4, -0.2) is 8.42 Å². The summed E-state index contributed by atoms with van der Waals surface area (Å²) < 4.78 is 26.1. The number of hydrogen-bond acceptors (Lipinski definition) is 2. The molecule has 5 heteroatoms. The van der Waals surface area contributed by atoms with Crippen molar-refractivity contribution < 1.29 is 8.42 Å². The Balaban J connectivity index is 2.11. The van der Waals surface area contributed by atoms with Crippen LogP contribution in [0.5, 0.6) is 0 Å². The standard InChI is InChI=1S/C14H12ClNO2S/c15-13-8-6-12(7-9-13)10-11-19(17,18)16-14-4-2-1-3-5-14/h1-11,16H/b11-10+. The monoisotopic (exact) mass is 293 g/mol. The fourth-order valence-electron chi connectivity index (χ4n) is 1.45. The first kappa shape index (κ1) is 13.6. The SMILES string of the molecule is O=S(=O)(/C=C/c1ccc(Cl)cc1)Nc1ccccc1. The van der Waals surface area contributed by atoms with Gasteiger partial charge in [0.1, 0.15) is 0 Å². The Morgan fingerprint density at radius 2 is 1.58 bits per heavy atom. The van der Waals surface area contributed by atoms with Crippen LogP contribution in [0, 0.1) is 0 Å². The number of hydrogen-bond donors (Lipinski definition) is 1. The van der Waals surface area contributed by atoms with Gasteiger partial charge in [0, 0.05) is 10.7 Å². The van der Waals surface area contributed by atoms with Gasteiger partial charge in [-0.15, -0.1) is 0 Å². The van der Waals surface area contributed by atoms with E-state index in [1.165, 1.54) is 6.08 Å². The zero-order valence-corrected chi connectivity index (χ0v) is 11.5. The van der Waals surface area contributed by atoms with E-state index >= 15 is 0 Å². The lowest BCUT2D eigenvalue weighted by Crippen LogP contribution is -2.08. The zero-order chi connectivity index (χ0) is 13.7. The molecule has 2 rings (SSSR count). The number of sulfonamides is 1. The molecule has 0 amide bonds. The number of halogens is 1. The molecule has 2 aromatic carbocycles. The maximum absolute atomic E-state index is 11.8. The van der Waals surface area contributed by atoms with E-state index in [0.29, 0.717) is 10.7 Å². The van der Waals surface area contributed by atoms with Gasteiger partial charge in [0.05, 0.1) is 5.41 Å². The van der Waals surface area contributed by atoms with E-state index in [1.54, 1.807) is 48.5 Å². The molecule has 0 spiro atoms. The molecule has 0 fully saturated rings. The summed E-state index contributed by atoms with van der Waals surface area (Å²) in [7, 11) is -3.51. The summed E-state index contributed by atoms with van der Waals surface area (Å²) in [5.74, 6) is 0. The molecule has 3 nitrogen and oxygen atoms in total. The number of para-hydroxylation sites is 1. The third-order valence-electron chi connectivity index (χ3n) is 2.34. The lowest BCUT2D eigenvalue weighted by atomic mass is 10.2. The zero-order valence-electron chi connectivity index (χ0n) is 9.95. The molecule has 0 radical (unpaired) electrons. The Bertz CT molecular complexity index is 664. The second kappa shape index (κ2) is 5.91. The van der Waals surface area contributed by atoms with E-state index in [-0.39, 0.29) is 0 Å². The number of nitrogens with one attached hydrogen (secondary N) is 1. The molecule has 19 heavy (non-hydrogen) atoms. The molecule has 0 aromatic heterocycles. The lowest BCUT2D eigenvalue weighted by molar-refractivity contribution is 0.609. The fourth-order valence-corrected chi connectivity index (χ4v) is 2.44. The largest absolute Gasteiger partial charge is 0.280 e. The van der Waals surface area contributed by atoms with Gasteiger partial charge < -0.3 is 0 Å². The van der Waals surface area contributed by atoms with Crippen LogP contribution in [-0.2, 0) is 10.0 Å². The van der Waals surface area contributed by atoms with E-state index in [2.05, 4.69) is 4.72 Å². The van der Waals surface area contributed by atoms with Crippen molar-refractivity contribution in [1.82, 2.24) is 0 Å². The molecule has 98 valence electrons. The maximum atomic E-state index is 11.8. The minimum absolute atomic E-state index is 0.531. The van der Waals surface area contributed by atoms with E-state index in [9.17, 15) is 8.42 Å². The number of rotatable bonds is 4. The van der Waals surface area contributed by atoms with Gasteiger partial charge in [0.15, 0.2) is 0 Å². The molecule has 0 unspecified atom stereocenters. The summed E-state index contributed by atoms with van der Waals surface area (Å²) in [6.07, 6.45) is 1.52. The summed E-state index contributed by atoms with van der Waals surface area (Å²) in [5, 5.41) is 1.74. The molecule has 0 saturated heterocycles. The van der Waals surface area contributed by atoms with Crippen LogP contribution in [0.1, 0.15) is 5.56 Å². The molecule has 2 aromatic rings.